The van der Waals surface area contributed by atoms with E-state index in [0.717, 1.165) is 5.56 Å². The Morgan fingerprint density at radius 1 is 1.14 bits per heavy atom. The maximum Gasteiger partial charge on any atom is 0.255 e. The lowest BCUT2D eigenvalue weighted by Crippen LogP contribution is -2.27. The number of carbonyl (C=O) groups excluding carboxylic acids is 1. The van der Waals surface area contributed by atoms with Gasteiger partial charge in [0.05, 0.1) is 15.7 Å². The van der Waals surface area contributed by atoms with Gasteiger partial charge in [-0.25, -0.2) is 14.0 Å². The van der Waals surface area contributed by atoms with E-state index in [-0.39, 0.29) is 33.9 Å². The number of amidine groups is 1. The van der Waals surface area contributed by atoms with E-state index in [1.54, 1.807) is 36.4 Å². The Labute approximate surface area is 224 Å². The predicted molar refractivity (Wildman–Crippen MR) is 138 cm³/mol. The van der Waals surface area contributed by atoms with E-state index in [2.05, 4.69) is 36.6 Å². The number of nitrogens with zero attached hydrogens (tertiary/aromatic N) is 3. The fraction of sp³-hybridized carbons (Fsp3) is 0.120. The Kier molecular flexibility index (Phi) is 8.49. The summed E-state index contributed by atoms with van der Waals surface area (Å²) >= 11 is 9.18. The van der Waals surface area contributed by atoms with Crippen LogP contribution >= 0.6 is 27.5 Å². The van der Waals surface area contributed by atoms with Crippen LogP contribution in [0.5, 0.6) is 5.75 Å². The van der Waals surface area contributed by atoms with Crippen molar-refractivity contribution in [3.05, 3.63) is 105 Å². The number of hydrogen-bond acceptors (Lipinski definition) is 7. The van der Waals surface area contributed by atoms with Crippen molar-refractivity contribution < 1.29 is 24.1 Å². The van der Waals surface area contributed by atoms with Gasteiger partial charge >= 0.3 is 0 Å². The van der Waals surface area contributed by atoms with Crippen LogP contribution in [0.2, 0.25) is 5.02 Å². The van der Waals surface area contributed by atoms with Gasteiger partial charge in [0.15, 0.2) is 11.5 Å². The number of aliphatic imine (C=N–C) groups is 1. The summed E-state index contributed by atoms with van der Waals surface area (Å²) in [6.45, 7) is 0.205. The number of halogens is 3. The molecule has 1 amide bonds. The number of hydroxylamine groups is 1. The van der Waals surface area contributed by atoms with Gasteiger partial charge in [-0.3, -0.25) is 15.5 Å². The van der Waals surface area contributed by atoms with Gasteiger partial charge < -0.3 is 10.4 Å². The van der Waals surface area contributed by atoms with Crippen LogP contribution in [0.4, 0.5) is 10.1 Å². The number of amides is 1. The lowest BCUT2D eigenvalue weighted by atomic mass is 9.91. The SMILES string of the molecule is O=C(NCCC(c1ccc(Cl)cc1)c1nonc1C(=Nc1ccc(F)c(Br)c1)NO)c1ccccc1O. The van der Waals surface area contributed by atoms with Crippen LogP contribution in [0, 0.1) is 5.82 Å². The number of aromatic nitrogens is 2. The molecule has 1 aromatic heterocycles. The van der Waals surface area contributed by atoms with Gasteiger partial charge in [-0.15, -0.1) is 0 Å². The second-order valence-corrected chi connectivity index (χ2v) is 9.13. The summed E-state index contributed by atoms with van der Waals surface area (Å²) in [6, 6.07) is 17.4. The molecule has 4 aromatic rings. The number of benzene rings is 3. The first-order chi connectivity index (χ1) is 17.9. The molecule has 1 unspecified atom stereocenters. The van der Waals surface area contributed by atoms with Crippen molar-refractivity contribution in [3.63, 3.8) is 0 Å². The Hall–Kier alpha value is -3.80. The summed E-state index contributed by atoms with van der Waals surface area (Å²) in [6.07, 6.45) is 0.350. The molecule has 190 valence electrons. The lowest BCUT2D eigenvalue weighted by molar-refractivity contribution is 0.0950. The third-order valence-electron chi connectivity index (χ3n) is 5.46. The third kappa shape index (κ3) is 6.31. The van der Waals surface area contributed by atoms with Crippen LogP contribution in [-0.2, 0) is 0 Å². The molecular formula is C25H20BrClFN5O4. The van der Waals surface area contributed by atoms with Gasteiger partial charge in [0.2, 0.25) is 0 Å². The Bertz CT molecular complexity index is 1430. The topological polar surface area (TPSA) is 133 Å². The van der Waals surface area contributed by atoms with Crippen molar-refractivity contribution in [3.8, 4) is 5.75 Å². The van der Waals surface area contributed by atoms with Crippen LogP contribution in [0.25, 0.3) is 0 Å². The fourth-order valence-corrected chi connectivity index (χ4v) is 4.14. The van der Waals surface area contributed by atoms with Crippen LogP contribution < -0.4 is 10.8 Å². The number of phenols is 1. The largest absolute Gasteiger partial charge is 0.507 e. The highest BCUT2D eigenvalue weighted by molar-refractivity contribution is 9.10. The highest BCUT2D eigenvalue weighted by Gasteiger charge is 2.26. The summed E-state index contributed by atoms with van der Waals surface area (Å²) in [4.78, 5) is 16.9. The highest BCUT2D eigenvalue weighted by Crippen LogP contribution is 2.30. The molecule has 9 nitrogen and oxygen atoms in total. The van der Waals surface area contributed by atoms with Crippen molar-refractivity contribution in [1.29, 1.82) is 0 Å². The van der Waals surface area contributed by atoms with Gasteiger partial charge in [0.25, 0.3) is 5.91 Å². The molecule has 4 rings (SSSR count). The van der Waals surface area contributed by atoms with Crippen molar-refractivity contribution in [2.45, 2.75) is 12.3 Å². The zero-order valence-corrected chi connectivity index (χ0v) is 21.4. The maximum absolute atomic E-state index is 13.6. The molecule has 0 fully saturated rings. The molecule has 0 saturated carbocycles. The second-order valence-electron chi connectivity index (χ2n) is 7.83. The molecule has 0 spiro atoms. The molecule has 0 saturated heterocycles. The maximum atomic E-state index is 13.6. The molecule has 12 heteroatoms. The van der Waals surface area contributed by atoms with E-state index in [0.29, 0.717) is 22.8 Å². The minimum Gasteiger partial charge on any atom is -0.507 e. The average Bonchev–Trinajstić information content (AvgIpc) is 3.37. The summed E-state index contributed by atoms with van der Waals surface area (Å²) in [5.74, 6) is -1.56. The number of phenolic OH excluding ortho intramolecular Hbond substituents is 1. The van der Waals surface area contributed by atoms with Crippen molar-refractivity contribution in [1.82, 2.24) is 21.1 Å². The van der Waals surface area contributed by atoms with Crippen molar-refractivity contribution in [2.75, 3.05) is 6.54 Å². The molecule has 0 aliphatic carbocycles. The summed E-state index contributed by atoms with van der Waals surface area (Å²) in [7, 11) is 0. The summed E-state index contributed by atoms with van der Waals surface area (Å²) < 4.78 is 18.8. The molecule has 0 aliphatic rings. The van der Waals surface area contributed by atoms with E-state index in [1.165, 1.54) is 30.3 Å². The van der Waals surface area contributed by atoms with Gasteiger partial charge in [-0.05, 0) is 75.5 Å². The molecule has 37 heavy (non-hydrogen) atoms. The average molecular weight is 589 g/mol. The zero-order chi connectivity index (χ0) is 26.4. The number of carbonyl (C=O) groups is 1. The fourth-order valence-electron chi connectivity index (χ4n) is 3.65. The number of hydrogen-bond donors (Lipinski definition) is 4. The minimum atomic E-state index is -0.463. The molecule has 0 aliphatic heterocycles. The Morgan fingerprint density at radius 2 is 1.89 bits per heavy atom. The van der Waals surface area contributed by atoms with Crippen LogP contribution in [0.15, 0.2) is 80.8 Å². The Morgan fingerprint density at radius 3 is 2.59 bits per heavy atom. The molecule has 1 atom stereocenters. The first kappa shape index (κ1) is 26.3. The van der Waals surface area contributed by atoms with Crippen molar-refractivity contribution in [2.24, 2.45) is 4.99 Å². The predicted octanol–water partition coefficient (Wildman–Crippen LogP) is 5.34. The lowest BCUT2D eigenvalue weighted by Gasteiger charge is -2.17. The van der Waals surface area contributed by atoms with Crippen LogP contribution in [0.3, 0.4) is 0 Å². The molecule has 4 N–H and O–H groups in total. The third-order valence-corrected chi connectivity index (χ3v) is 6.32. The monoisotopic (exact) mass is 587 g/mol. The van der Waals surface area contributed by atoms with Crippen LogP contribution in [-0.4, -0.2) is 38.9 Å². The standard InChI is InChI=1S/C25H20BrClFN5O4/c26-19-13-16(9-10-20(19)28)30-24(31-36)23-22(32-37-33-23)17(14-5-7-15(27)8-6-14)11-12-29-25(35)18-3-1-2-4-21(18)34/h1-10,13,17,34,36H,11-12H2,(H,29,35)(H,30,31). The normalized spacial score (nSPS) is 12.3. The molecule has 0 bridgehead atoms. The van der Waals surface area contributed by atoms with E-state index in [4.69, 9.17) is 16.2 Å². The molecular weight excluding hydrogens is 569 g/mol. The number of aromatic hydroxyl groups is 1. The van der Waals surface area contributed by atoms with Gasteiger partial charge in [-0.1, -0.05) is 41.0 Å². The van der Waals surface area contributed by atoms with E-state index in [1.807, 2.05) is 5.48 Å². The van der Waals surface area contributed by atoms with E-state index < -0.39 is 17.6 Å². The first-order valence-corrected chi connectivity index (χ1v) is 12.1. The quantitative estimate of drug-likeness (QED) is 0.124. The number of para-hydroxylation sites is 1. The van der Waals surface area contributed by atoms with Gasteiger partial charge in [-0.2, -0.15) is 0 Å². The zero-order valence-electron chi connectivity index (χ0n) is 19.0. The van der Waals surface area contributed by atoms with E-state index >= 15 is 0 Å². The molecule has 0 radical (unpaired) electrons. The minimum absolute atomic E-state index is 0.0769. The van der Waals surface area contributed by atoms with Crippen LogP contribution in [0.1, 0.15) is 39.6 Å². The van der Waals surface area contributed by atoms with Crippen molar-refractivity contribution >= 4 is 45.0 Å². The molecule has 3 aromatic carbocycles. The summed E-state index contributed by atoms with van der Waals surface area (Å²) in [5, 5.41) is 31.1. The second kappa shape index (κ2) is 12.0. The molecule has 1 heterocycles. The smallest absolute Gasteiger partial charge is 0.255 e. The highest BCUT2D eigenvalue weighted by atomic mass is 79.9. The first-order valence-electron chi connectivity index (χ1n) is 11.0. The van der Waals surface area contributed by atoms with Gasteiger partial charge in [0.1, 0.15) is 17.3 Å². The van der Waals surface area contributed by atoms with E-state index in [9.17, 15) is 19.5 Å². The number of rotatable bonds is 8. The Balaban J connectivity index is 1.63. The number of nitrogens with one attached hydrogen (secondary N) is 2. The van der Waals surface area contributed by atoms with Gasteiger partial charge in [0, 0.05) is 17.5 Å². The summed E-state index contributed by atoms with van der Waals surface area (Å²) in [5.41, 5.74) is 3.73.